The first kappa shape index (κ1) is 28.0. The number of rotatable bonds is 11. The monoisotopic (exact) mass is 494 g/mol. The molecule has 192 valence electrons. The molecule has 0 spiro atoms. The normalized spacial score (nSPS) is 13.6. The summed E-state index contributed by atoms with van der Waals surface area (Å²) in [5.74, 6) is -0.806. The Morgan fingerprint density at radius 1 is 0.971 bits per heavy atom. The molecule has 0 aliphatic carbocycles. The zero-order valence-corrected chi connectivity index (χ0v) is 22.7. The van der Waals surface area contributed by atoms with Gasteiger partial charge in [0, 0.05) is 25.4 Å². The quantitative estimate of drug-likeness (QED) is 0.383. The van der Waals surface area contributed by atoms with Crippen LogP contribution in [0.2, 0.25) is 0 Å². The van der Waals surface area contributed by atoms with Crippen LogP contribution in [0.1, 0.15) is 89.8 Å². The molecule has 2 rings (SSSR count). The van der Waals surface area contributed by atoms with Gasteiger partial charge in [0.1, 0.15) is 0 Å². The third kappa shape index (κ3) is 7.10. The summed E-state index contributed by atoms with van der Waals surface area (Å²) in [6.07, 6.45) is 7.99. The molecule has 0 aromatic heterocycles. The van der Waals surface area contributed by atoms with Crippen molar-refractivity contribution in [2.24, 2.45) is 5.41 Å². The average molecular weight is 495 g/mol. The summed E-state index contributed by atoms with van der Waals surface area (Å²) in [6.45, 7) is 14.3. The Morgan fingerprint density at radius 2 is 1.59 bits per heavy atom. The topological polar surface area (TPSA) is 108 Å². The van der Waals surface area contributed by atoms with Gasteiger partial charge in [-0.2, -0.15) is 8.42 Å². The zero-order chi connectivity index (χ0) is 25.7. The van der Waals surface area contributed by atoms with Crippen LogP contribution in [0.15, 0.2) is 0 Å². The highest BCUT2D eigenvalue weighted by Crippen LogP contribution is 2.45. The Bertz CT molecular complexity index is 1010. The molecule has 0 saturated heterocycles. The third-order valence-electron chi connectivity index (χ3n) is 6.26. The number of hydrogen-bond donors (Lipinski definition) is 3. The van der Waals surface area contributed by atoms with Crippen molar-refractivity contribution >= 4 is 39.1 Å². The van der Waals surface area contributed by atoms with Gasteiger partial charge in [-0.3, -0.25) is 14.3 Å². The maximum Gasteiger partial charge on any atom is 0.323 e. The number of benzene rings is 1. The molecule has 34 heavy (non-hydrogen) atoms. The van der Waals surface area contributed by atoms with Crippen LogP contribution in [-0.2, 0) is 26.2 Å². The van der Waals surface area contributed by atoms with Crippen molar-refractivity contribution in [2.75, 3.05) is 28.0 Å². The van der Waals surface area contributed by atoms with Crippen molar-refractivity contribution in [1.29, 1.82) is 0 Å². The Labute approximate surface area is 205 Å². The minimum atomic E-state index is -4.08. The standard InChI is InChI=1S/C25H42N4O4S/c1-8-9-10-11-12-13-15-29-16-14-20-17(2)21(28-34(32,33)27-19(4)30)18(3)22(23(20)29)26-24(31)25(5,6)7/h28H,8-16H2,1-7H3,(H,26,31)(H,27,30). The molecule has 8 nitrogen and oxygen atoms in total. The fraction of sp³-hybridized carbons (Fsp3) is 0.680. The Morgan fingerprint density at radius 3 is 2.18 bits per heavy atom. The number of unbranched alkanes of at least 4 members (excludes halogenated alkanes) is 5. The number of carbonyl (C=O) groups excluding carboxylic acids is 2. The van der Waals surface area contributed by atoms with E-state index in [1.807, 2.05) is 32.4 Å². The van der Waals surface area contributed by atoms with Gasteiger partial charge in [0.25, 0.3) is 0 Å². The predicted octanol–water partition coefficient (Wildman–Crippen LogP) is 4.80. The smallest absolute Gasteiger partial charge is 0.323 e. The zero-order valence-electron chi connectivity index (χ0n) is 21.9. The number of nitrogens with zero attached hydrogens (tertiary/aromatic N) is 1. The molecule has 0 unspecified atom stereocenters. The summed E-state index contributed by atoms with van der Waals surface area (Å²) in [5.41, 5.74) is 3.91. The van der Waals surface area contributed by atoms with Crippen molar-refractivity contribution in [2.45, 2.75) is 93.4 Å². The number of anilines is 3. The highest BCUT2D eigenvalue weighted by molar-refractivity contribution is 7.91. The Hall–Kier alpha value is -2.29. The largest absolute Gasteiger partial charge is 0.369 e. The van der Waals surface area contributed by atoms with E-state index in [0.29, 0.717) is 16.9 Å². The van der Waals surface area contributed by atoms with Gasteiger partial charge in [0.05, 0.1) is 17.1 Å². The summed E-state index contributed by atoms with van der Waals surface area (Å²) in [6, 6.07) is 0. The van der Waals surface area contributed by atoms with Gasteiger partial charge < -0.3 is 10.2 Å². The molecule has 0 bridgehead atoms. The van der Waals surface area contributed by atoms with E-state index >= 15 is 0 Å². The van der Waals surface area contributed by atoms with Gasteiger partial charge in [-0.05, 0) is 43.4 Å². The first-order valence-corrected chi connectivity index (χ1v) is 13.8. The number of fused-ring (bicyclic) bond motifs is 1. The van der Waals surface area contributed by atoms with Crippen LogP contribution in [0, 0.1) is 19.3 Å². The van der Waals surface area contributed by atoms with E-state index < -0.39 is 21.5 Å². The number of nitrogens with one attached hydrogen (secondary N) is 3. The van der Waals surface area contributed by atoms with Crippen LogP contribution >= 0.6 is 0 Å². The first-order valence-electron chi connectivity index (χ1n) is 12.3. The van der Waals surface area contributed by atoms with Crippen LogP contribution in [0.3, 0.4) is 0 Å². The average Bonchev–Trinajstić information content (AvgIpc) is 3.13. The van der Waals surface area contributed by atoms with Gasteiger partial charge in [-0.1, -0.05) is 59.8 Å². The van der Waals surface area contributed by atoms with E-state index in [2.05, 4.69) is 21.9 Å². The third-order valence-corrected chi connectivity index (χ3v) is 7.29. The second-order valence-electron chi connectivity index (χ2n) is 10.3. The maximum atomic E-state index is 13.0. The van der Waals surface area contributed by atoms with Gasteiger partial charge in [0.2, 0.25) is 11.8 Å². The second kappa shape index (κ2) is 11.4. The van der Waals surface area contributed by atoms with Crippen LogP contribution in [0.25, 0.3) is 0 Å². The fourth-order valence-corrected chi connectivity index (χ4v) is 5.34. The SMILES string of the molecule is CCCCCCCCN1CCc2c(C)c(NS(=O)(=O)NC(C)=O)c(C)c(NC(=O)C(C)(C)C)c21. The lowest BCUT2D eigenvalue weighted by molar-refractivity contribution is -0.123. The van der Waals surface area contributed by atoms with Crippen molar-refractivity contribution in [3.05, 3.63) is 16.7 Å². The minimum Gasteiger partial charge on any atom is -0.369 e. The Kier molecular flexibility index (Phi) is 9.39. The molecule has 0 atom stereocenters. The molecule has 1 aliphatic rings. The van der Waals surface area contributed by atoms with E-state index in [1.165, 1.54) is 32.1 Å². The summed E-state index contributed by atoms with van der Waals surface area (Å²) < 4.78 is 29.4. The fourth-order valence-electron chi connectivity index (χ4n) is 4.34. The van der Waals surface area contributed by atoms with Crippen LogP contribution < -0.4 is 19.7 Å². The summed E-state index contributed by atoms with van der Waals surface area (Å²) >= 11 is 0. The molecular formula is C25H42N4O4S. The Balaban J connectivity index is 2.44. The number of hydrogen-bond acceptors (Lipinski definition) is 5. The molecule has 0 saturated carbocycles. The van der Waals surface area contributed by atoms with Gasteiger partial charge in [0.15, 0.2) is 0 Å². The summed E-state index contributed by atoms with van der Waals surface area (Å²) in [4.78, 5) is 26.6. The molecule has 1 aromatic carbocycles. The molecule has 1 aromatic rings. The van der Waals surface area contributed by atoms with E-state index in [-0.39, 0.29) is 5.91 Å². The molecule has 0 fully saturated rings. The van der Waals surface area contributed by atoms with E-state index in [9.17, 15) is 18.0 Å². The van der Waals surface area contributed by atoms with E-state index in [1.54, 1.807) is 6.92 Å². The molecule has 0 radical (unpaired) electrons. The van der Waals surface area contributed by atoms with Crippen molar-refractivity contribution in [3.8, 4) is 0 Å². The second-order valence-corrected chi connectivity index (χ2v) is 11.7. The lowest BCUT2D eigenvalue weighted by Crippen LogP contribution is -2.34. The van der Waals surface area contributed by atoms with Gasteiger partial charge >= 0.3 is 10.2 Å². The molecule has 1 heterocycles. The summed E-state index contributed by atoms with van der Waals surface area (Å²) in [5, 5.41) is 3.09. The molecule has 3 N–H and O–H groups in total. The lowest BCUT2D eigenvalue weighted by Gasteiger charge is -2.28. The minimum absolute atomic E-state index is 0.135. The van der Waals surface area contributed by atoms with Gasteiger partial charge in [-0.25, -0.2) is 4.72 Å². The summed E-state index contributed by atoms with van der Waals surface area (Å²) in [7, 11) is -4.08. The first-order chi connectivity index (χ1) is 15.8. The maximum absolute atomic E-state index is 13.0. The molecular weight excluding hydrogens is 452 g/mol. The molecule has 2 amide bonds. The van der Waals surface area contributed by atoms with E-state index in [4.69, 9.17) is 0 Å². The lowest BCUT2D eigenvalue weighted by atomic mass is 9.94. The number of amides is 2. The highest BCUT2D eigenvalue weighted by Gasteiger charge is 2.32. The molecule has 1 aliphatic heterocycles. The molecule has 9 heteroatoms. The van der Waals surface area contributed by atoms with Crippen LogP contribution in [0.5, 0.6) is 0 Å². The van der Waals surface area contributed by atoms with Crippen LogP contribution in [-0.4, -0.2) is 33.3 Å². The number of carbonyl (C=O) groups is 2. The van der Waals surface area contributed by atoms with Crippen molar-refractivity contribution < 1.29 is 18.0 Å². The predicted molar refractivity (Wildman–Crippen MR) is 140 cm³/mol. The van der Waals surface area contributed by atoms with Crippen molar-refractivity contribution in [1.82, 2.24) is 4.72 Å². The highest BCUT2D eigenvalue weighted by atomic mass is 32.2. The van der Waals surface area contributed by atoms with E-state index in [0.717, 1.165) is 49.7 Å². The van der Waals surface area contributed by atoms with Gasteiger partial charge in [-0.15, -0.1) is 0 Å². The van der Waals surface area contributed by atoms with Crippen molar-refractivity contribution in [3.63, 3.8) is 0 Å². The van der Waals surface area contributed by atoms with Crippen LogP contribution in [0.4, 0.5) is 17.1 Å².